The molecule has 0 heterocycles. The van der Waals surface area contributed by atoms with Gasteiger partial charge in [-0.1, -0.05) is 38.5 Å². The number of nitrogen functional groups attached to an aromatic ring is 1. The Labute approximate surface area is 116 Å². The van der Waals surface area contributed by atoms with Crippen LogP contribution in [0.5, 0.6) is 0 Å². The first-order valence-electron chi connectivity index (χ1n) is 7.19. The van der Waals surface area contributed by atoms with Crippen molar-refractivity contribution in [2.75, 3.05) is 18.8 Å². The van der Waals surface area contributed by atoms with E-state index in [0.29, 0.717) is 12.3 Å². The van der Waals surface area contributed by atoms with Crippen LogP contribution in [0.15, 0.2) is 24.3 Å². The fraction of sp³-hybridized carbons (Fsp3) is 0.562. The van der Waals surface area contributed by atoms with Crippen molar-refractivity contribution in [2.24, 2.45) is 5.92 Å². The molecule has 1 aromatic carbocycles. The molecule has 0 aromatic heterocycles. The van der Waals surface area contributed by atoms with Crippen LogP contribution in [0.25, 0.3) is 0 Å². The Morgan fingerprint density at radius 3 is 2.58 bits per heavy atom. The molecule has 1 atom stereocenters. The molecule has 1 aromatic rings. The molecule has 3 heteroatoms. The van der Waals surface area contributed by atoms with Crippen LogP contribution in [0.2, 0.25) is 0 Å². The van der Waals surface area contributed by atoms with Gasteiger partial charge < -0.3 is 10.6 Å². The van der Waals surface area contributed by atoms with Gasteiger partial charge in [0.2, 0.25) is 5.91 Å². The molecule has 2 N–H and O–H groups in total. The number of carbonyl (C=O) groups is 1. The fourth-order valence-corrected chi connectivity index (χ4v) is 2.07. The highest BCUT2D eigenvalue weighted by Gasteiger charge is 2.14. The van der Waals surface area contributed by atoms with E-state index in [9.17, 15) is 4.79 Å². The molecule has 0 saturated heterocycles. The van der Waals surface area contributed by atoms with Crippen molar-refractivity contribution < 1.29 is 4.79 Å². The Hall–Kier alpha value is -1.51. The van der Waals surface area contributed by atoms with Crippen LogP contribution in [-0.4, -0.2) is 23.9 Å². The smallest absolute Gasteiger partial charge is 0.222 e. The Kier molecular flexibility index (Phi) is 6.40. The van der Waals surface area contributed by atoms with Crippen LogP contribution in [0.3, 0.4) is 0 Å². The summed E-state index contributed by atoms with van der Waals surface area (Å²) in [4.78, 5) is 14.1. The molecule has 0 aliphatic heterocycles. The third-order valence-electron chi connectivity index (χ3n) is 3.63. The second kappa shape index (κ2) is 7.82. The molecule has 1 amide bonds. The maximum atomic E-state index is 12.2. The van der Waals surface area contributed by atoms with Gasteiger partial charge in [0.05, 0.1) is 0 Å². The van der Waals surface area contributed by atoms with Crippen LogP contribution in [0.1, 0.15) is 39.2 Å². The van der Waals surface area contributed by atoms with Gasteiger partial charge >= 0.3 is 0 Å². The number of nitrogens with two attached hydrogens (primary N) is 1. The first-order chi connectivity index (χ1) is 9.08. The molecule has 19 heavy (non-hydrogen) atoms. The van der Waals surface area contributed by atoms with Gasteiger partial charge in [-0.25, -0.2) is 0 Å². The van der Waals surface area contributed by atoms with Crippen LogP contribution >= 0.6 is 0 Å². The van der Waals surface area contributed by atoms with Gasteiger partial charge in [0.15, 0.2) is 0 Å². The molecular formula is C16H26N2O. The van der Waals surface area contributed by atoms with Crippen molar-refractivity contribution in [3.63, 3.8) is 0 Å². The maximum Gasteiger partial charge on any atom is 0.222 e. The van der Waals surface area contributed by atoms with Crippen LogP contribution in [0, 0.1) is 5.92 Å². The van der Waals surface area contributed by atoms with E-state index >= 15 is 0 Å². The van der Waals surface area contributed by atoms with E-state index in [1.165, 1.54) is 0 Å². The molecule has 1 rings (SSSR count). The summed E-state index contributed by atoms with van der Waals surface area (Å²) in [7, 11) is 0. The van der Waals surface area contributed by atoms with Crippen molar-refractivity contribution in [1.29, 1.82) is 0 Å². The molecule has 0 radical (unpaired) electrons. The first-order valence-corrected chi connectivity index (χ1v) is 7.19. The average molecular weight is 262 g/mol. The molecule has 0 spiro atoms. The standard InChI is InChI=1S/C16H26N2O/c1-4-13(3)12-18(5-2)16(19)11-10-14-8-6-7-9-15(14)17/h6-9,13H,4-5,10-12,17H2,1-3H3. The lowest BCUT2D eigenvalue weighted by molar-refractivity contribution is -0.131. The third kappa shape index (κ3) is 4.93. The second-order valence-corrected chi connectivity index (χ2v) is 5.14. The van der Waals surface area contributed by atoms with Gasteiger partial charge in [-0.2, -0.15) is 0 Å². The Morgan fingerprint density at radius 1 is 1.32 bits per heavy atom. The summed E-state index contributed by atoms with van der Waals surface area (Å²) < 4.78 is 0. The van der Waals surface area contributed by atoms with Crippen molar-refractivity contribution in [2.45, 2.75) is 40.0 Å². The highest BCUT2D eigenvalue weighted by molar-refractivity contribution is 5.76. The van der Waals surface area contributed by atoms with E-state index < -0.39 is 0 Å². The Bertz CT molecular complexity index is 403. The number of hydrogen-bond acceptors (Lipinski definition) is 2. The Morgan fingerprint density at radius 2 is 2.00 bits per heavy atom. The highest BCUT2D eigenvalue weighted by atomic mass is 16.2. The van der Waals surface area contributed by atoms with Gasteiger partial charge in [-0.05, 0) is 30.9 Å². The van der Waals surface area contributed by atoms with Gasteiger partial charge in [-0.15, -0.1) is 0 Å². The maximum absolute atomic E-state index is 12.2. The van der Waals surface area contributed by atoms with E-state index in [1.807, 2.05) is 36.1 Å². The molecule has 1 unspecified atom stereocenters. The molecule has 0 aliphatic carbocycles. The lowest BCUT2D eigenvalue weighted by atomic mass is 10.1. The average Bonchev–Trinajstić information content (AvgIpc) is 2.43. The third-order valence-corrected chi connectivity index (χ3v) is 3.63. The van der Waals surface area contributed by atoms with E-state index in [-0.39, 0.29) is 5.91 Å². The predicted octanol–water partition coefficient (Wildman–Crippen LogP) is 3.10. The largest absolute Gasteiger partial charge is 0.399 e. The normalized spacial score (nSPS) is 12.2. The number of benzene rings is 1. The zero-order valence-corrected chi connectivity index (χ0v) is 12.4. The summed E-state index contributed by atoms with van der Waals surface area (Å²) in [6.45, 7) is 8.03. The van der Waals surface area contributed by atoms with E-state index in [2.05, 4.69) is 13.8 Å². The summed E-state index contributed by atoms with van der Waals surface area (Å²) in [6, 6.07) is 7.76. The lowest BCUT2D eigenvalue weighted by Gasteiger charge is -2.24. The molecule has 0 saturated carbocycles. The van der Waals surface area contributed by atoms with Crippen molar-refractivity contribution >= 4 is 11.6 Å². The summed E-state index contributed by atoms with van der Waals surface area (Å²) in [5.41, 5.74) is 7.74. The number of amides is 1. The molecule has 0 aliphatic rings. The molecule has 106 valence electrons. The van der Waals surface area contributed by atoms with Crippen molar-refractivity contribution in [1.82, 2.24) is 4.90 Å². The highest BCUT2D eigenvalue weighted by Crippen LogP contribution is 2.14. The summed E-state index contributed by atoms with van der Waals surface area (Å²) >= 11 is 0. The quantitative estimate of drug-likeness (QED) is 0.767. The van der Waals surface area contributed by atoms with Crippen molar-refractivity contribution in [3.05, 3.63) is 29.8 Å². The van der Waals surface area contributed by atoms with E-state index in [0.717, 1.165) is 37.2 Å². The number of hydrogen-bond donors (Lipinski definition) is 1. The summed E-state index contributed by atoms with van der Waals surface area (Å²) in [5.74, 6) is 0.789. The zero-order chi connectivity index (χ0) is 14.3. The van der Waals surface area contributed by atoms with Crippen molar-refractivity contribution in [3.8, 4) is 0 Å². The zero-order valence-electron chi connectivity index (χ0n) is 12.4. The topological polar surface area (TPSA) is 46.3 Å². The number of carbonyl (C=O) groups excluding carboxylic acids is 1. The first kappa shape index (κ1) is 15.5. The monoisotopic (exact) mass is 262 g/mol. The SMILES string of the molecule is CCC(C)CN(CC)C(=O)CCc1ccccc1N. The minimum Gasteiger partial charge on any atom is -0.399 e. The summed E-state index contributed by atoms with van der Waals surface area (Å²) in [6.07, 6.45) is 2.37. The number of para-hydroxylation sites is 1. The number of anilines is 1. The Balaban J connectivity index is 2.51. The summed E-state index contributed by atoms with van der Waals surface area (Å²) in [5, 5.41) is 0. The number of rotatable bonds is 7. The number of nitrogens with zero attached hydrogens (tertiary/aromatic N) is 1. The van der Waals surface area contributed by atoms with Gasteiger partial charge in [0.1, 0.15) is 0 Å². The predicted molar refractivity (Wildman–Crippen MR) is 80.9 cm³/mol. The van der Waals surface area contributed by atoms with Crippen LogP contribution in [0.4, 0.5) is 5.69 Å². The minimum atomic E-state index is 0.228. The fourth-order valence-electron chi connectivity index (χ4n) is 2.07. The van der Waals surface area contributed by atoms with E-state index in [1.54, 1.807) is 0 Å². The molecule has 3 nitrogen and oxygen atoms in total. The minimum absolute atomic E-state index is 0.228. The molecule has 0 fully saturated rings. The van der Waals surface area contributed by atoms with Crippen LogP contribution < -0.4 is 5.73 Å². The molecule has 0 bridgehead atoms. The van der Waals surface area contributed by atoms with Gasteiger partial charge in [-0.3, -0.25) is 4.79 Å². The van der Waals surface area contributed by atoms with Crippen LogP contribution in [-0.2, 0) is 11.2 Å². The number of aryl methyl sites for hydroxylation is 1. The van der Waals surface area contributed by atoms with E-state index in [4.69, 9.17) is 5.73 Å². The van der Waals surface area contributed by atoms with Gasteiger partial charge in [0.25, 0.3) is 0 Å². The van der Waals surface area contributed by atoms with Gasteiger partial charge in [0, 0.05) is 25.2 Å². The lowest BCUT2D eigenvalue weighted by Crippen LogP contribution is -2.34. The second-order valence-electron chi connectivity index (χ2n) is 5.14. The molecular weight excluding hydrogens is 236 g/mol.